The molecule has 0 saturated heterocycles. The third kappa shape index (κ3) is 12.2. The Morgan fingerprint density at radius 2 is 1.65 bits per heavy atom. The van der Waals surface area contributed by atoms with E-state index in [0.29, 0.717) is 0 Å². The molecule has 0 fully saturated rings. The lowest BCUT2D eigenvalue weighted by Gasteiger charge is -2.13. The average molecular weight is 239 g/mol. The Morgan fingerprint density at radius 3 is 2.24 bits per heavy atom. The van der Waals surface area contributed by atoms with E-state index >= 15 is 0 Å². The van der Waals surface area contributed by atoms with Gasteiger partial charge in [0.25, 0.3) is 0 Å². The van der Waals surface area contributed by atoms with E-state index in [1.807, 2.05) is 0 Å². The van der Waals surface area contributed by atoms with Crippen LogP contribution in [0, 0.1) is 18.3 Å². The molecule has 1 atom stereocenters. The van der Waals surface area contributed by atoms with E-state index in [2.05, 4.69) is 34.1 Å². The summed E-state index contributed by atoms with van der Waals surface area (Å²) in [6, 6.07) is 0. The number of hydrogen-bond donors (Lipinski definition) is 0. The van der Waals surface area contributed by atoms with E-state index < -0.39 is 0 Å². The zero-order valence-electron chi connectivity index (χ0n) is 12.8. The van der Waals surface area contributed by atoms with Gasteiger partial charge in [0, 0.05) is 0 Å². The lowest BCUT2D eigenvalue weighted by molar-refractivity contribution is 0.437. The highest BCUT2D eigenvalue weighted by Gasteiger charge is 2.05. The molecule has 0 aromatic carbocycles. The van der Waals surface area contributed by atoms with Gasteiger partial charge in [-0.3, -0.25) is 0 Å². The van der Waals surface area contributed by atoms with E-state index in [1.165, 1.54) is 64.2 Å². The highest BCUT2D eigenvalue weighted by Crippen LogP contribution is 2.20. The first-order valence-electron chi connectivity index (χ1n) is 8.02. The molecule has 0 aliphatic heterocycles. The van der Waals surface area contributed by atoms with Crippen LogP contribution in [0.25, 0.3) is 0 Å². The fourth-order valence-electron chi connectivity index (χ4n) is 2.35. The molecule has 0 aliphatic rings. The Bertz CT molecular complexity index is 137. The largest absolute Gasteiger partial charge is 0.0654 e. The lowest BCUT2D eigenvalue weighted by Crippen LogP contribution is -1.99. The summed E-state index contributed by atoms with van der Waals surface area (Å²) >= 11 is 0. The molecule has 0 amide bonds. The Balaban J connectivity index is 3.24. The van der Waals surface area contributed by atoms with Gasteiger partial charge in [-0.05, 0) is 24.7 Å². The van der Waals surface area contributed by atoms with Crippen LogP contribution in [0.4, 0.5) is 0 Å². The van der Waals surface area contributed by atoms with Crippen molar-refractivity contribution in [2.24, 2.45) is 11.8 Å². The second kappa shape index (κ2) is 12.5. The van der Waals surface area contributed by atoms with Crippen molar-refractivity contribution < 1.29 is 0 Å². The molecule has 0 N–H and O–H groups in total. The number of unbranched alkanes of at least 4 members (excludes halogenated alkanes) is 5. The highest BCUT2D eigenvalue weighted by atomic mass is 14.1. The minimum Gasteiger partial charge on any atom is -0.0654 e. The van der Waals surface area contributed by atoms with Gasteiger partial charge >= 0.3 is 0 Å². The van der Waals surface area contributed by atoms with Gasteiger partial charge in [-0.2, -0.15) is 0 Å². The van der Waals surface area contributed by atoms with Gasteiger partial charge in [0.2, 0.25) is 0 Å². The minimum atomic E-state index is 0.887. The maximum Gasteiger partial charge on any atom is -0.0383 e. The van der Waals surface area contributed by atoms with Crippen molar-refractivity contribution in [2.75, 3.05) is 0 Å². The molecule has 0 spiro atoms. The summed E-state index contributed by atoms with van der Waals surface area (Å²) < 4.78 is 0. The molecule has 0 aromatic heterocycles. The van der Waals surface area contributed by atoms with Crippen LogP contribution >= 0.6 is 0 Å². The van der Waals surface area contributed by atoms with E-state index in [1.54, 1.807) is 0 Å². The maximum atomic E-state index is 2.55. The van der Waals surface area contributed by atoms with Gasteiger partial charge < -0.3 is 0 Å². The van der Waals surface area contributed by atoms with Crippen molar-refractivity contribution in [3.8, 4) is 0 Å². The van der Waals surface area contributed by atoms with Crippen LogP contribution in [0.5, 0.6) is 0 Å². The van der Waals surface area contributed by atoms with Gasteiger partial charge in [0.15, 0.2) is 0 Å². The zero-order valence-corrected chi connectivity index (χ0v) is 12.8. The van der Waals surface area contributed by atoms with Gasteiger partial charge in [0.05, 0.1) is 0 Å². The van der Waals surface area contributed by atoms with Crippen molar-refractivity contribution in [2.45, 2.75) is 91.9 Å². The SMILES string of the molecule is CCCCC(CC)C[CH]CCCCCC(C)C. The molecule has 0 aliphatic carbocycles. The van der Waals surface area contributed by atoms with Crippen LogP contribution in [-0.4, -0.2) is 0 Å². The second-order valence-corrected chi connectivity index (χ2v) is 5.97. The predicted octanol–water partition coefficient (Wildman–Crippen LogP) is 6.40. The van der Waals surface area contributed by atoms with Crippen LogP contribution < -0.4 is 0 Å². The van der Waals surface area contributed by atoms with E-state index in [0.717, 1.165) is 11.8 Å². The van der Waals surface area contributed by atoms with E-state index in [-0.39, 0.29) is 0 Å². The molecule has 0 aromatic rings. The van der Waals surface area contributed by atoms with Crippen molar-refractivity contribution in [3.63, 3.8) is 0 Å². The first-order chi connectivity index (χ1) is 8.20. The molecule has 1 radical (unpaired) electrons. The maximum absolute atomic E-state index is 2.55. The van der Waals surface area contributed by atoms with Gasteiger partial charge in [-0.25, -0.2) is 0 Å². The van der Waals surface area contributed by atoms with Crippen LogP contribution in [0.15, 0.2) is 0 Å². The monoisotopic (exact) mass is 239 g/mol. The molecule has 0 bridgehead atoms. The predicted molar refractivity (Wildman–Crippen MR) is 80.1 cm³/mol. The Hall–Kier alpha value is 0. The first kappa shape index (κ1) is 17.0. The molecule has 103 valence electrons. The summed E-state index contributed by atoms with van der Waals surface area (Å²) in [4.78, 5) is 0. The second-order valence-electron chi connectivity index (χ2n) is 5.97. The fraction of sp³-hybridized carbons (Fsp3) is 0.941. The summed E-state index contributed by atoms with van der Waals surface area (Å²) in [5.41, 5.74) is 0. The molecule has 0 heterocycles. The Kier molecular flexibility index (Phi) is 12.5. The van der Waals surface area contributed by atoms with Crippen LogP contribution in [0.1, 0.15) is 91.9 Å². The summed E-state index contributed by atoms with van der Waals surface area (Å²) in [5.74, 6) is 1.85. The lowest BCUT2D eigenvalue weighted by atomic mass is 9.93. The average Bonchev–Trinajstić information content (AvgIpc) is 2.31. The third-order valence-corrected chi connectivity index (χ3v) is 3.73. The quantitative estimate of drug-likeness (QED) is 0.345. The molecule has 0 saturated carbocycles. The molecular formula is C17H35. The summed E-state index contributed by atoms with van der Waals surface area (Å²) in [5, 5.41) is 0. The summed E-state index contributed by atoms with van der Waals surface area (Å²) in [7, 11) is 0. The van der Waals surface area contributed by atoms with Crippen molar-refractivity contribution >= 4 is 0 Å². The number of hydrogen-bond acceptors (Lipinski definition) is 0. The van der Waals surface area contributed by atoms with Gasteiger partial charge in [-0.15, -0.1) is 0 Å². The normalized spacial score (nSPS) is 13.2. The smallest absolute Gasteiger partial charge is 0.0383 e. The highest BCUT2D eigenvalue weighted by molar-refractivity contribution is 4.70. The zero-order chi connectivity index (χ0) is 12.9. The third-order valence-electron chi connectivity index (χ3n) is 3.73. The van der Waals surface area contributed by atoms with Gasteiger partial charge in [0.1, 0.15) is 0 Å². The molecule has 0 heteroatoms. The summed E-state index contributed by atoms with van der Waals surface area (Å²) in [6.45, 7) is 9.29. The van der Waals surface area contributed by atoms with Crippen LogP contribution in [0.2, 0.25) is 0 Å². The number of rotatable bonds is 12. The Labute approximate surface area is 111 Å². The van der Waals surface area contributed by atoms with E-state index in [9.17, 15) is 0 Å². The Morgan fingerprint density at radius 1 is 0.882 bits per heavy atom. The molecule has 1 unspecified atom stereocenters. The fourth-order valence-corrected chi connectivity index (χ4v) is 2.35. The minimum absolute atomic E-state index is 0.887. The van der Waals surface area contributed by atoms with Crippen LogP contribution in [-0.2, 0) is 0 Å². The van der Waals surface area contributed by atoms with Crippen molar-refractivity contribution in [1.29, 1.82) is 0 Å². The first-order valence-corrected chi connectivity index (χ1v) is 8.02. The van der Waals surface area contributed by atoms with Gasteiger partial charge in [-0.1, -0.05) is 85.5 Å². The molecule has 0 nitrogen and oxygen atoms in total. The van der Waals surface area contributed by atoms with E-state index in [4.69, 9.17) is 0 Å². The summed E-state index contributed by atoms with van der Waals surface area (Å²) in [6.07, 6.45) is 16.5. The molecule has 17 heavy (non-hydrogen) atoms. The topological polar surface area (TPSA) is 0 Å². The standard InChI is InChI=1S/C17H35/c1-5-7-14-17(6-2)15-12-10-8-9-11-13-16(3)4/h12,16-17H,5-11,13-15H2,1-4H3. The van der Waals surface area contributed by atoms with Crippen molar-refractivity contribution in [3.05, 3.63) is 6.42 Å². The molecule has 0 rings (SSSR count). The molecular weight excluding hydrogens is 204 g/mol. The van der Waals surface area contributed by atoms with Crippen LogP contribution in [0.3, 0.4) is 0 Å². The van der Waals surface area contributed by atoms with Crippen molar-refractivity contribution in [1.82, 2.24) is 0 Å².